The van der Waals surface area contributed by atoms with Gasteiger partial charge in [0.05, 0.1) is 19.6 Å². The summed E-state index contributed by atoms with van der Waals surface area (Å²) in [5, 5.41) is 6.25. The molecule has 0 bridgehead atoms. The van der Waals surface area contributed by atoms with Crippen LogP contribution in [0.4, 0.5) is 0 Å². The number of rotatable bonds is 14. The van der Waals surface area contributed by atoms with Gasteiger partial charge in [-0.1, -0.05) is 78.1 Å². The molecule has 2 nitrogen and oxygen atoms in total. The molecule has 0 aromatic carbocycles. The van der Waals surface area contributed by atoms with Gasteiger partial charge in [0.1, 0.15) is 0 Å². The largest absolute Gasteiger partial charge is 0.512 e. The SMILES string of the molecule is CCCCCCCCCCCC[NH+]1CCCC(CCCC)C1.[C-]#N. The van der Waals surface area contributed by atoms with Crippen LogP contribution in [-0.2, 0) is 0 Å². The molecule has 0 spiro atoms. The van der Waals surface area contributed by atoms with E-state index in [-0.39, 0.29) is 0 Å². The van der Waals surface area contributed by atoms with Crippen LogP contribution < -0.4 is 4.90 Å². The van der Waals surface area contributed by atoms with Gasteiger partial charge in [0.2, 0.25) is 0 Å². The molecule has 1 rings (SSSR count). The molecule has 2 atom stereocenters. The van der Waals surface area contributed by atoms with Gasteiger partial charge >= 0.3 is 0 Å². The zero-order valence-corrected chi connectivity index (χ0v) is 16.8. The van der Waals surface area contributed by atoms with Crippen LogP contribution in [-0.4, -0.2) is 19.6 Å². The Hall–Kier alpha value is -0.550. The molecule has 1 N–H and O–H groups in total. The first kappa shape index (κ1) is 23.4. The predicted molar refractivity (Wildman–Crippen MR) is 105 cm³/mol. The molecule has 1 aliphatic rings. The third kappa shape index (κ3) is 13.8. The van der Waals surface area contributed by atoms with Crippen LogP contribution in [0.2, 0.25) is 0 Å². The van der Waals surface area contributed by atoms with E-state index in [9.17, 15) is 0 Å². The predicted octanol–water partition coefficient (Wildman–Crippen LogP) is 5.49. The first-order valence-corrected chi connectivity index (χ1v) is 10.9. The summed E-state index contributed by atoms with van der Waals surface area (Å²) in [6.45, 7) is 13.8. The van der Waals surface area contributed by atoms with E-state index in [1.54, 1.807) is 0 Å². The number of hydrogen-bond donors (Lipinski definition) is 1. The van der Waals surface area contributed by atoms with Gasteiger partial charge in [-0.2, -0.15) is 0 Å². The van der Waals surface area contributed by atoms with E-state index in [0.29, 0.717) is 0 Å². The molecule has 1 saturated heterocycles. The summed E-state index contributed by atoms with van der Waals surface area (Å²) >= 11 is 0. The highest BCUT2D eigenvalue weighted by Crippen LogP contribution is 2.15. The topological polar surface area (TPSA) is 28.2 Å². The van der Waals surface area contributed by atoms with E-state index in [4.69, 9.17) is 11.8 Å². The fourth-order valence-corrected chi connectivity index (χ4v) is 4.08. The Morgan fingerprint density at radius 2 is 1.33 bits per heavy atom. The third-order valence-electron chi connectivity index (χ3n) is 5.57. The number of piperidine rings is 1. The van der Waals surface area contributed by atoms with Crippen molar-refractivity contribution in [2.75, 3.05) is 19.6 Å². The summed E-state index contributed by atoms with van der Waals surface area (Å²) in [7, 11) is 0. The lowest BCUT2D eigenvalue weighted by atomic mass is 9.92. The van der Waals surface area contributed by atoms with E-state index in [0.717, 1.165) is 5.92 Å². The molecule has 0 saturated carbocycles. The summed E-state index contributed by atoms with van der Waals surface area (Å²) in [5.41, 5.74) is 0. The first-order valence-electron chi connectivity index (χ1n) is 10.9. The molecule has 1 heterocycles. The summed E-state index contributed by atoms with van der Waals surface area (Å²) in [5.74, 6) is 1.05. The molecule has 1 fully saturated rings. The van der Waals surface area contributed by atoms with Gasteiger partial charge in [-0.05, 0) is 32.1 Å². The van der Waals surface area contributed by atoms with Crippen LogP contribution in [0.3, 0.4) is 0 Å². The number of nitrogens with one attached hydrogen (secondary N) is 1. The highest BCUT2D eigenvalue weighted by Gasteiger charge is 2.21. The summed E-state index contributed by atoms with van der Waals surface area (Å²) in [6.07, 6.45) is 22.0. The van der Waals surface area contributed by atoms with E-state index in [1.807, 2.05) is 4.90 Å². The van der Waals surface area contributed by atoms with Crippen molar-refractivity contribution in [2.24, 2.45) is 5.92 Å². The molecule has 0 aliphatic carbocycles. The van der Waals surface area contributed by atoms with Gasteiger partial charge in [-0.3, -0.25) is 0 Å². The molecule has 0 amide bonds. The van der Waals surface area contributed by atoms with Crippen LogP contribution in [0.5, 0.6) is 0 Å². The highest BCUT2D eigenvalue weighted by atomic mass is 15.1. The van der Waals surface area contributed by atoms with Gasteiger partial charge in [0.25, 0.3) is 0 Å². The molecule has 0 radical (unpaired) electrons. The van der Waals surface area contributed by atoms with Crippen LogP contribution in [0.1, 0.15) is 110 Å². The number of nitrogens with zero attached hydrogens (tertiary/aromatic N) is 1. The average molecular weight is 337 g/mol. The third-order valence-corrected chi connectivity index (χ3v) is 5.57. The van der Waals surface area contributed by atoms with Gasteiger partial charge < -0.3 is 16.7 Å². The fraction of sp³-hybridized carbons (Fsp3) is 0.955. The van der Waals surface area contributed by atoms with Gasteiger partial charge in [0, 0.05) is 5.92 Å². The van der Waals surface area contributed by atoms with Crippen LogP contribution in [0.15, 0.2) is 0 Å². The summed E-state index contributed by atoms with van der Waals surface area (Å²) in [6, 6.07) is 0. The summed E-state index contributed by atoms with van der Waals surface area (Å²) < 4.78 is 0. The Morgan fingerprint density at radius 1 is 0.792 bits per heavy atom. The Labute approximate surface area is 153 Å². The van der Waals surface area contributed by atoms with Gasteiger partial charge in [-0.15, -0.1) is 0 Å². The average Bonchev–Trinajstić information content (AvgIpc) is 2.63. The summed E-state index contributed by atoms with van der Waals surface area (Å²) in [4.78, 5) is 1.92. The Balaban J connectivity index is 0.00000254. The van der Waals surface area contributed by atoms with Crippen molar-refractivity contribution in [3.8, 4) is 0 Å². The van der Waals surface area contributed by atoms with Crippen molar-refractivity contribution < 1.29 is 4.90 Å². The van der Waals surface area contributed by atoms with E-state index >= 15 is 0 Å². The molecule has 24 heavy (non-hydrogen) atoms. The molecule has 2 heteroatoms. The lowest BCUT2D eigenvalue weighted by molar-refractivity contribution is -0.909. The second kappa shape index (κ2) is 18.8. The lowest BCUT2D eigenvalue weighted by Crippen LogP contribution is -3.13. The zero-order chi connectivity index (χ0) is 17.9. The van der Waals surface area contributed by atoms with Crippen molar-refractivity contribution in [2.45, 2.75) is 110 Å². The molecule has 2 unspecified atom stereocenters. The number of unbranched alkanes of at least 4 members (excludes halogenated alkanes) is 10. The maximum atomic E-state index is 6.25. The van der Waals surface area contributed by atoms with E-state index in [2.05, 4.69) is 13.8 Å². The Kier molecular flexibility index (Phi) is 18.4. The maximum Gasteiger partial charge on any atom is 0.0799 e. The lowest BCUT2D eigenvalue weighted by Gasteiger charge is -2.30. The second-order valence-electron chi connectivity index (χ2n) is 7.79. The Bertz CT molecular complexity index is 262. The van der Waals surface area contributed by atoms with Crippen molar-refractivity contribution in [3.05, 3.63) is 6.57 Å². The van der Waals surface area contributed by atoms with Crippen molar-refractivity contribution in [1.29, 1.82) is 5.26 Å². The van der Waals surface area contributed by atoms with Crippen molar-refractivity contribution >= 4 is 0 Å². The minimum atomic E-state index is 1.05. The van der Waals surface area contributed by atoms with Crippen LogP contribution in [0.25, 0.3) is 0 Å². The van der Waals surface area contributed by atoms with E-state index in [1.165, 1.54) is 116 Å². The maximum absolute atomic E-state index is 6.25. The molecule has 142 valence electrons. The van der Waals surface area contributed by atoms with Crippen molar-refractivity contribution in [3.63, 3.8) is 0 Å². The molecule has 1 aliphatic heterocycles. The smallest absolute Gasteiger partial charge is 0.0799 e. The Morgan fingerprint density at radius 3 is 1.92 bits per heavy atom. The number of likely N-dealkylation sites (tertiary alicyclic amines) is 1. The minimum absolute atomic E-state index is 1.05. The first-order chi connectivity index (χ1) is 11.9. The minimum Gasteiger partial charge on any atom is -0.512 e. The fourth-order valence-electron chi connectivity index (χ4n) is 4.08. The van der Waals surface area contributed by atoms with Crippen LogP contribution >= 0.6 is 0 Å². The van der Waals surface area contributed by atoms with E-state index < -0.39 is 0 Å². The normalized spacial score (nSPS) is 20.3. The van der Waals surface area contributed by atoms with Gasteiger partial charge in [-0.25, -0.2) is 0 Å². The zero-order valence-electron chi connectivity index (χ0n) is 16.8. The van der Waals surface area contributed by atoms with Gasteiger partial charge in [0.15, 0.2) is 0 Å². The molecular weight excluding hydrogens is 292 g/mol. The molecule has 0 aromatic rings. The highest BCUT2D eigenvalue weighted by molar-refractivity contribution is 4.62. The standard InChI is InChI=1S/C21H43N.CN/c1-3-5-7-8-9-10-11-12-13-14-18-22-19-15-17-21(20-22)16-6-4-2;1-2/h21H,3-20H2,1-2H3;/q;-1/p+1. The number of hydrogen-bond acceptors (Lipinski definition) is 1. The number of quaternary nitrogens is 1. The quantitative estimate of drug-likeness (QED) is 0.330. The monoisotopic (exact) mass is 336 g/mol. The molecule has 0 aromatic heterocycles. The second-order valence-corrected chi connectivity index (χ2v) is 7.79. The molecular formula is C22H44N2. The van der Waals surface area contributed by atoms with Crippen LogP contribution in [0, 0.1) is 17.8 Å². The van der Waals surface area contributed by atoms with Crippen molar-refractivity contribution in [1.82, 2.24) is 0 Å².